The van der Waals surface area contributed by atoms with Crippen LogP contribution in [0.1, 0.15) is 48.0 Å². The molecule has 0 bridgehead atoms. The molecule has 3 rings (SSSR count). The van der Waals surface area contributed by atoms with Crippen molar-refractivity contribution in [1.29, 1.82) is 0 Å². The van der Waals surface area contributed by atoms with E-state index in [4.69, 9.17) is 21.4 Å². The topological polar surface area (TPSA) is 177 Å². The summed E-state index contributed by atoms with van der Waals surface area (Å²) in [6.45, 7) is 0.0582. The summed E-state index contributed by atoms with van der Waals surface area (Å²) in [7, 11) is -2.49. The number of hydrogen-bond donors (Lipinski definition) is 5. The molecule has 0 unspecified atom stereocenters. The van der Waals surface area contributed by atoms with Crippen LogP contribution in [0.15, 0.2) is 47.4 Å². The number of carbonyl (C=O) groups is 3. The summed E-state index contributed by atoms with van der Waals surface area (Å²) >= 11 is 5.96. The lowest BCUT2D eigenvalue weighted by molar-refractivity contribution is -0.135. The zero-order valence-corrected chi connectivity index (χ0v) is 22.6. The molecule has 11 nitrogen and oxygen atoms in total. The molecule has 0 aliphatic heterocycles. The quantitative estimate of drug-likeness (QED) is 0.306. The molecule has 1 aliphatic rings. The second-order valence-corrected chi connectivity index (χ2v) is 10.6. The minimum Gasteiger partial charge on any atom is -0.496 e. The summed E-state index contributed by atoms with van der Waals surface area (Å²) < 4.78 is 32.2. The maximum Gasteiger partial charge on any atom is 0.328 e. The van der Waals surface area contributed by atoms with E-state index >= 15 is 0 Å². The van der Waals surface area contributed by atoms with Gasteiger partial charge in [0.15, 0.2) is 0 Å². The van der Waals surface area contributed by atoms with Gasteiger partial charge in [-0.05, 0) is 55.2 Å². The Morgan fingerprint density at radius 1 is 1.08 bits per heavy atom. The smallest absolute Gasteiger partial charge is 0.328 e. The van der Waals surface area contributed by atoms with Gasteiger partial charge in [0.1, 0.15) is 5.75 Å². The Balaban J connectivity index is 0.000000926. The predicted octanol–water partition coefficient (Wildman–Crippen LogP) is 2.67. The van der Waals surface area contributed by atoms with Crippen LogP contribution < -0.4 is 25.8 Å². The fourth-order valence-corrected chi connectivity index (χ4v) is 4.84. The van der Waals surface area contributed by atoms with Crippen LogP contribution in [-0.4, -0.2) is 57.7 Å². The summed E-state index contributed by atoms with van der Waals surface area (Å²) in [5.41, 5.74) is 5.74. The highest BCUT2D eigenvalue weighted by atomic mass is 35.5. The van der Waals surface area contributed by atoms with Gasteiger partial charge in [0.25, 0.3) is 15.9 Å². The molecule has 6 N–H and O–H groups in total. The van der Waals surface area contributed by atoms with E-state index < -0.39 is 22.0 Å². The first kappa shape index (κ1) is 30.9. The third-order valence-electron chi connectivity index (χ3n) is 5.68. The van der Waals surface area contributed by atoms with Crippen LogP contribution in [0.25, 0.3) is 0 Å². The Hall–Kier alpha value is -3.35. The first-order chi connectivity index (χ1) is 18.1. The summed E-state index contributed by atoms with van der Waals surface area (Å²) in [6.07, 6.45) is 5.43. The fourth-order valence-electron chi connectivity index (χ4n) is 3.75. The van der Waals surface area contributed by atoms with Crippen molar-refractivity contribution in [3.8, 4) is 5.75 Å². The minimum absolute atomic E-state index is 0.00209. The van der Waals surface area contributed by atoms with Crippen molar-refractivity contribution in [3.05, 3.63) is 58.6 Å². The Morgan fingerprint density at radius 3 is 2.29 bits per heavy atom. The number of ether oxygens (including phenoxy) is 1. The minimum atomic E-state index is -3.97. The molecule has 13 heteroatoms. The van der Waals surface area contributed by atoms with E-state index in [-0.39, 0.29) is 23.4 Å². The van der Waals surface area contributed by atoms with Crippen LogP contribution >= 0.6 is 11.6 Å². The van der Waals surface area contributed by atoms with Crippen molar-refractivity contribution in [1.82, 2.24) is 15.4 Å². The second kappa shape index (κ2) is 15.2. The monoisotopic (exact) mass is 568 g/mol. The van der Waals surface area contributed by atoms with Gasteiger partial charge < -0.3 is 26.2 Å². The highest BCUT2D eigenvalue weighted by molar-refractivity contribution is 7.90. The standard InChI is InChI=1S/C23H28ClN3O5S.C2H5NO2/c1-32-21-12-9-17(24)15-20(21)22(28)25-14-13-16-7-10-19(11-8-16)33(30,31)27-23(29)26-18-5-3-2-4-6-18;3-1-2(4)5/h7-12,15,18H,2-6,13-14H2,1H3,(H,25,28)(H2,26,27,29);1,3H2,(H,4,5). The number of rotatable bonds is 9. The summed E-state index contributed by atoms with van der Waals surface area (Å²) in [5, 5.41) is 13.6. The highest BCUT2D eigenvalue weighted by Crippen LogP contribution is 2.22. The Kier molecular flexibility index (Phi) is 12.3. The molecule has 208 valence electrons. The molecule has 1 fully saturated rings. The number of aliphatic carboxylic acids is 1. The van der Waals surface area contributed by atoms with Crippen molar-refractivity contribution in [3.63, 3.8) is 0 Å². The lowest BCUT2D eigenvalue weighted by Crippen LogP contribution is -2.45. The van der Waals surface area contributed by atoms with Gasteiger partial charge in [0, 0.05) is 17.6 Å². The average Bonchev–Trinajstić information content (AvgIpc) is 2.89. The van der Waals surface area contributed by atoms with Gasteiger partial charge in [-0.2, -0.15) is 0 Å². The number of methoxy groups -OCH3 is 1. The molecule has 38 heavy (non-hydrogen) atoms. The van der Waals surface area contributed by atoms with Gasteiger partial charge >= 0.3 is 12.0 Å². The molecule has 2 aromatic rings. The molecule has 0 heterocycles. The summed E-state index contributed by atoms with van der Waals surface area (Å²) in [4.78, 5) is 33.8. The number of benzene rings is 2. The maximum absolute atomic E-state index is 12.5. The van der Waals surface area contributed by atoms with E-state index in [0.717, 1.165) is 37.7 Å². The van der Waals surface area contributed by atoms with Gasteiger partial charge in [0.2, 0.25) is 0 Å². The average molecular weight is 569 g/mol. The van der Waals surface area contributed by atoms with Crippen molar-refractivity contribution in [2.45, 2.75) is 49.5 Å². The number of urea groups is 1. The van der Waals surface area contributed by atoms with Crippen LogP contribution in [0, 0.1) is 0 Å². The first-order valence-corrected chi connectivity index (χ1v) is 13.9. The van der Waals surface area contributed by atoms with E-state index in [2.05, 4.69) is 21.1 Å². The van der Waals surface area contributed by atoms with Crippen LogP contribution in [0.3, 0.4) is 0 Å². The number of carbonyl (C=O) groups excluding carboxylic acids is 2. The molecule has 0 atom stereocenters. The second-order valence-electron chi connectivity index (χ2n) is 8.51. The lowest BCUT2D eigenvalue weighted by atomic mass is 9.96. The zero-order chi connectivity index (χ0) is 28.1. The predicted molar refractivity (Wildman–Crippen MR) is 143 cm³/mol. The maximum atomic E-state index is 12.5. The van der Waals surface area contributed by atoms with Crippen molar-refractivity contribution in [2.75, 3.05) is 20.2 Å². The van der Waals surface area contributed by atoms with Crippen molar-refractivity contribution < 1.29 is 32.6 Å². The Bertz CT molecular complexity index is 1200. The highest BCUT2D eigenvalue weighted by Gasteiger charge is 2.21. The molecule has 0 aromatic heterocycles. The van der Waals surface area contributed by atoms with E-state index in [1.165, 1.54) is 25.3 Å². The third kappa shape index (κ3) is 10.2. The van der Waals surface area contributed by atoms with Crippen LogP contribution in [-0.2, 0) is 21.2 Å². The van der Waals surface area contributed by atoms with Crippen LogP contribution in [0.4, 0.5) is 4.79 Å². The third-order valence-corrected chi connectivity index (χ3v) is 7.26. The van der Waals surface area contributed by atoms with E-state index in [9.17, 15) is 22.8 Å². The molecule has 1 saturated carbocycles. The van der Waals surface area contributed by atoms with E-state index in [0.29, 0.717) is 29.3 Å². The van der Waals surface area contributed by atoms with Crippen molar-refractivity contribution in [2.24, 2.45) is 5.73 Å². The van der Waals surface area contributed by atoms with Crippen molar-refractivity contribution >= 4 is 39.5 Å². The molecular weight excluding hydrogens is 536 g/mol. The Labute approximate surface area is 227 Å². The molecule has 0 spiro atoms. The van der Waals surface area contributed by atoms with Gasteiger partial charge in [-0.1, -0.05) is 43.0 Å². The van der Waals surface area contributed by atoms with Gasteiger partial charge in [-0.25, -0.2) is 17.9 Å². The molecule has 1 aliphatic carbocycles. The van der Waals surface area contributed by atoms with Crippen LogP contribution in [0.5, 0.6) is 5.75 Å². The SMILES string of the molecule is COc1ccc(Cl)cc1C(=O)NCCc1ccc(S(=O)(=O)NC(=O)NC2CCCCC2)cc1.NCC(=O)O. The lowest BCUT2D eigenvalue weighted by Gasteiger charge is -2.22. The number of amides is 3. The molecule has 3 amide bonds. The number of nitrogens with one attached hydrogen (secondary N) is 3. The number of carboxylic acids is 1. The Morgan fingerprint density at radius 2 is 1.71 bits per heavy atom. The number of halogens is 1. The number of carboxylic acid groups (broad SMARTS) is 1. The number of sulfonamides is 1. The molecule has 2 aromatic carbocycles. The largest absolute Gasteiger partial charge is 0.496 e. The summed E-state index contributed by atoms with van der Waals surface area (Å²) in [5.74, 6) is -0.863. The summed E-state index contributed by atoms with van der Waals surface area (Å²) in [6, 6.07) is 10.3. The van der Waals surface area contributed by atoms with Crippen LogP contribution in [0.2, 0.25) is 5.02 Å². The van der Waals surface area contributed by atoms with E-state index in [1.54, 1.807) is 24.3 Å². The molecule has 0 radical (unpaired) electrons. The van der Waals surface area contributed by atoms with Gasteiger partial charge in [-0.3, -0.25) is 9.59 Å². The first-order valence-electron chi connectivity index (χ1n) is 12.0. The molecular formula is C25H33ClN4O7S. The van der Waals surface area contributed by atoms with Gasteiger partial charge in [0.05, 0.1) is 24.1 Å². The number of nitrogens with two attached hydrogens (primary N) is 1. The zero-order valence-electron chi connectivity index (χ0n) is 21.0. The molecule has 0 saturated heterocycles. The normalized spacial score (nSPS) is 13.4. The van der Waals surface area contributed by atoms with E-state index in [1.807, 2.05) is 0 Å². The fraction of sp³-hybridized carbons (Fsp3) is 0.400. The number of hydrogen-bond acceptors (Lipinski definition) is 7. The van der Waals surface area contributed by atoms with Gasteiger partial charge in [-0.15, -0.1) is 0 Å².